The number of anilines is 1. The highest BCUT2D eigenvalue weighted by molar-refractivity contribution is 6.04. The van der Waals surface area contributed by atoms with Crippen LogP contribution < -0.4 is 5.32 Å². The van der Waals surface area contributed by atoms with Crippen LogP contribution in [0.4, 0.5) is 10.1 Å². The van der Waals surface area contributed by atoms with Crippen molar-refractivity contribution in [2.24, 2.45) is 0 Å². The Morgan fingerprint density at radius 3 is 2.30 bits per heavy atom. The molecule has 0 aromatic heterocycles. The third-order valence-corrected chi connectivity index (χ3v) is 4.11. The number of ether oxygens (including phenoxy) is 1. The van der Waals surface area contributed by atoms with Crippen LogP contribution in [0.5, 0.6) is 0 Å². The summed E-state index contributed by atoms with van der Waals surface area (Å²) >= 11 is 0. The monoisotopic (exact) mass is 403 g/mol. The number of ketones is 1. The molecule has 0 atom stereocenters. The molecule has 0 aliphatic rings. The van der Waals surface area contributed by atoms with Gasteiger partial charge in [-0.1, -0.05) is 30.3 Å². The van der Waals surface area contributed by atoms with Gasteiger partial charge in [0.25, 0.3) is 5.91 Å². The molecule has 3 aromatic rings. The fourth-order valence-electron chi connectivity index (χ4n) is 2.57. The number of halogens is 1. The molecule has 150 valence electrons. The lowest BCUT2D eigenvalue weighted by Gasteiger charge is -2.06. The minimum absolute atomic E-state index is 0.256. The Kier molecular flexibility index (Phi) is 6.84. The standard InChI is InChI=1S/C24H18FNO4/c25-20-8-4-5-17(15-20)9-14-23(28)30-16-22(27)18-10-12-21(13-11-18)26-24(29)19-6-2-1-3-7-19/h1-15H,16H2,(H,26,29)/b14-9+. The van der Waals surface area contributed by atoms with Crippen molar-refractivity contribution in [3.8, 4) is 0 Å². The molecule has 5 nitrogen and oxygen atoms in total. The van der Waals surface area contributed by atoms with E-state index in [0.717, 1.165) is 6.08 Å². The van der Waals surface area contributed by atoms with E-state index in [4.69, 9.17) is 4.74 Å². The number of amides is 1. The quantitative estimate of drug-likeness (QED) is 0.358. The summed E-state index contributed by atoms with van der Waals surface area (Å²) < 4.78 is 18.0. The van der Waals surface area contributed by atoms with Crippen LogP contribution in [0.25, 0.3) is 6.08 Å². The van der Waals surface area contributed by atoms with Crippen LogP contribution in [0.1, 0.15) is 26.3 Å². The van der Waals surface area contributed by atoms with Gasteiger partial charge in [-0.2, -0.15) is 0 Å². The Morgan fingerprint density at radius 1 is 0.867 bits per heavy atom. The number of carbonyl (C=O) groups is 3. The van der Waals surface area contributed by atoms with Gasteiger partial charge in [-0.05, 0) is 60.2 Å². The van der Waals surface area contributed by atoms with Crippen molar-refractivity contribution in [3.05, 3.63) is 107 Å². The molecule has 0 bridgehead atoms. The predicted molar refractivity (Wildman–Crippen MR) is 112 cm³/mol. The lowest BCUT2D eigenvalue weighted by atomic mass is 10.1. The van der Waals surface area contributed by atoms with Crippen molar-refractivity contribution in [2.45, 2.75) is 0 Å². The van der Waals surface area contributed by atoms with E-state index in [2.05, 4.69) is 5.32 Å². The van der Waals surface area contributed by atoms with E-state index < -0.39 is 18.4 Å². The summed E-state index contributed by atoms with van der Waals surface area (Å²) in [5, 5.41) is 2.74. The van der Waals surface area contributed by atoms with Crippen molar-refractivity contribution >= 4 is 29.4 Å². The molecule has 0 heterocycles. The van der Waals surface area contributed by atoms with E-state index >= 15 is 0 Å². The predicted octanol–water partition coefficient (Wildman–Crippen LogP) is 4.52. The molecule has 0 aliphatic carbocycles. The third-order valence-electron chi connectivity index (χ3n) is 4.11. The molecule has 0 spiro atoms. The molecule has 0 unspecified atom stereocenters. The van der Waals surface area contributed by atoms with Gasteiger partial charge in [-0.15, -0.1) is 0 Å². The number of benzene rings is 3. The van der Waals surface area contributed by atoms with Crippen molar-refractivity contribution in [3.63, 3.8) is 0 Å². The number of hydrogen-bond donors (Lipinski definition) is 1. The van der Waals surface area contributed by atoms with Crippen LogP contribution in [-0.2, 0) is 9.53 Å². The van der Waals surface area contributed by atoms with Crippen LogP contribution in [0.2, 0.25) is 0 Å². The first-order valence-electron chi connectivity index (χ1n) is 9.11. The van der Waals surface area contributed by atoms with Crippen molar-refractivity contribution in [1.29, 1.82) is 0 Å². The minimum atomic E-state index is -0.709. The SMILES string of the molecule is O=C(/C=C/c1cccc(F)c1)OCC(=O)c1ccc(NC(=O)c2ccccc2)cc1. The average Bonchev–Trinajstić information content (AvgIpc) is 2.77. The average molecular weight is 403 g/mol. The van der Waals surface area contributed by atoms with Gasteiger partial charge in [0.1, 0.15) is 5.82 Å². The van der Waals surface area contributed by atoms with Crippen LogP contribution >= 0.6 is 0 Å². The van der Waals surface area contributed by atoms with Crippen LogP contribution in [0.3, 0.4) is 0 Å². The molecule has 3 rings (SSSR count). The van der Waals surface area contributed by atoms with E-state index in [1.54, 1.807) is 54.6 Å². The van der Waals surface area contributed by atoms with Gasteiger partial charge in [0.05, 0.1) is 0 Å². The Hall–Kier alpha value is -4.06. The van der Waals surface area contributed by atoms with Gasteiger partial charge in [0, 0.05) is 22.9 Å². The maximum absolute atomic E-state index is 13.1. The maximum Gasteiger partial charge on any atom is 0.331 e. The summed E-state index contributed by atoms with van der Waals surface area (Å²) in [6.07, 6.45) is 2.53. The van der Waals surface area contributed by atoms with Gasteiger partial charge in [0.2, 0.25) is 0 Å². The van der Waals surface area contributed by atoms with Gasteiger partial charge < -0.3 is 10.1 Å². The first-order chi connectivity index (χ1) is 14.5. The lowest BCUT2D eigenvalue weighted by Crippen LogP contribution is -2.13. The molecule has 0 radical (unpaired) electrons. The lowest BCUT2D eigenvalue weighted by molar-refractivity contribution is -0.136. The molecule has 3 aromatic carbocycles. The zero-order valence-electron chi connectivity index (χ0n) is 15.9. The summed E-state index contributed by atoms with van der Waals surface area (Å²) in [6, 6.07) is 20.8. The van der Waals surface area contributed by atoms with Gasteiger partial charge in [-0.3, -0.25) is 9.59 Å². The number of esters is 1. The molecule has 1 amide bonds. The number of rotatable bonds is 7. The third kappa shape index (κ3) is 5.97. The Bertz CT molecular complexity index is 1080. The summed E-state index contributed by atoms with van der Waals surface area (Å²) in [5.74, 6) is -1.76. The number of Topliss-reactive ketones (excluding diaryl/α,β-unsaturated/α-hetero) is 1. The number of nitrogens with one attached hydrogen (secondary N) is 1. The Labute approximate surface area is 172 Å². The summed E-state index contributed by atoms with van der Waals surface area (Å²) in [5.41, 5.74) is 1.91. The van der Waals surface area contributed by atoms with E-state index in [1.165, 1.54) is 24.3 Å². The highest BCUT2D eigenvalue weighted by Crippen LogP contribution is 2.12. The van der Waals surface area contributed by atoms with E-state index in [0.29, 0.717) is 22.4 Å². The summed E-state index contributed by atoms with van der Waals surface area (Å²) in [6.45, 7) is -0.429. The van der Waals surface area contributed by atoms with E-state index in [9.17, 15) is 18.8 Å². The molecule has 30 heavy (non-hydrogen) atoms. The second-order valence-corrected chi connectivity index (χ2v) is 6.32. The largest absolute Gasteiger partial charge is 0.454 e. The molecule has 6 heteroatoms. The Morgan fingerprint density at radius 2 is 1.60 bits per heavy atom. The molecular weight excluding hydrogens is 385 g/mol. The maximum atomic E-state index is 13.1. The molecule has 0 aliphatic heterocycles. The topological polar surface area (TPSA) is 72.5 Å². The minimum Gasteiger partial charge on any atom is -0.454 e. The van der Waals surface area contributed by atoms with Gasteiger partial charge >= 0.3 is 5.97 Å². The smallest absolute Gasteiger partial charge is 0.331 e. The fourth-order valence-corrected chi connectivity index (χ4v) is 2.57. The molecule has 1 N–H and O–H groups in total. The van der Waals surface area contributed by atoms with Gasteiger partial charge in [0.15, 0.2) is 12.4 Å². The molecule has 0 saturated heterocycles. The molecular formula is C24H18FNO4. The van der Waals surface area contributed by atoms with Crippen molar-refractivity contribution in [2.75, 3.05) is 11.9 Å². The normalized spacial score (nSPS) is 10.6. The van der Waals surface area contributed by atoms with Crippen molar-refractivity contribution < 1.29 is 23.5 Å². The fraction of sp³-hybridized carbons (Fsp3) is 0.0417. The second kappa shape index (κ2) is 9.93. The van der Waals surface area contributed by atoms with Crippen LogP contribution in [0.15, 0.2) is 84.9 Å². The van der Waals surface area contributed by atoms with Crippen LogP contribution in [0, 0.1) is 5.82 Å². The first-order valence-corrected chi connectivity index (χ1v) is 9.11. The van der Waals surface area contributed by atoms with E-state index in [-0.39, 0.29) is 11.7 Å². The van der Waals surface area contributed by atoms with Gasteiger partial charge in [-0.25, -0.2) is 9.18 Å². The zero-order valence-corrected chi connectivity index (χ0v) is 15.9. The summed E-state index contributed by atoms with van der Waals surface area (Å²) in [4.78, 5) is 36.1. The van der Waals surface area contributed by atoms with Crippen LogP contribution in [-0.4, -0.2) is 24.3 Å². The number of carbonyl (C=O) groups excluding carboxylic acids is 3. The highest BCUT2D eigenvalue weighted by atomic mass is 19.1. The summed E-state index contributed by atoms with van der Waals surface area (Å²) in [7, 11) is 0. The Balaban J connectivity index is 1.50. The van der Waals surface area contributed by atoms with Crippen molar-refractivity contribution in [1.82, 2.24) is 0 Å². The molecule has 0 fully saturated rings. The number of hydrogen-bond acceptors (Lipinski definition) is 4. The second-order valence-electron chi connectivity index (χ2n) is 6.32. The highest BCUT2D eigenvalue weighted by Gasteiger charge is 2.10. The zero-order chi connectivity index (χ0) is 21.3. The first kappa shape index (κ1) is 20.7. The van der Waals surface area contributed by atoms with E-state index in [1.807, 2.05) is 6.07 Å². The molecule has 0 saturated carbocycles.